The lowest BCUT2D eigenvalue weighted by Gasteiger charge is -2.47. The van der Waals surface area contributed by atoms with E-state index in [4.69, 9.17) is 4.74 Å². The molecule has 0 amide bonds. The number of halogens is 1. The molecule has 4 nitrogen and oxygen atoms in total. The zero-order valence-electron chi connectivity index (χ0n) is 11.7. The van der Waals surface area contributed by atoms with Gasteiger partial charge in [-0.15, -0.1) is 10.2 Å². The summed E-state index contributed by atoms with van der Waals surface area (Å²) in [5.74, 6) is 1.64. The third kappa shape index (κ3) is 2.19. The van der Waals surface area contributed by atoms with E-state index in [1.165, 1.54) is 5.56 Å². The zero-order chi connectivity index (χ0) is 14.2. The molecule has 0 saturated heterocycles. The van der Waals surface area contributed by atoms with Crippen LogP contribution >= 0.6 is 15.9 Å². The molecule has 0 spiro atoms. The maximum Gasteiger partial charge on any atom is 0.143 e. The van der Waals surface area contributed by atoms with E-state index in [1.54, 1.807) is 13.4 Å². The molecule has 1 aromatic carbocycles. The van der Waals surface area contributed by atoms with Crippen molar-refractivity contribution < 1.29 is 4.74 Å². The largest absolute Gasteiger partial charge is 0.384 e. The second kappa shape index (κ2) is 5.30. The van der Waals surface area contributed by atoms with Gasteiger partial charge in [-0.2, -0.15) is 0 Å². The fourth-order valence-electron chi connectivity index (χ4n) is 3.33. The standard InChI is InChI=1S/C15H18BrN3O/c1-19-10-17-18-14(19)15(7-11(8-15)9-20-2)12-4-3-5-13(16)6-12/h3-6,10-11H,7-9H2,1-2H3. The molecule has 5 heteroatoms. The summed E-state index contributed by atoms with van der Waals surface area (Å²) in [4.78, 5) is 0. The first-order valence-electron chi connectivity index (χ1n) is 6.75. The fraction of sp³-hybridized carbons (Fsp3) is 0.467. The van der Waals surface area contributed by atoms with Gasteiger partial charge in [-0.25, -0.2) is 0 Å². The van der Waals surface area contributed by atoms with Gasteiger partial charge in [0.1, 0.15) is 12.2 Å². The topological polar surface area (TPSA) is 39.9 Å². The van der Waals surface area contributed by atoms with E-state index in [0.29, 0.717) is 5.92 Å². The number of methoxy groups -OCH3 is 1. The zero-order valence-corrected chi connectivity index (χ0v) is 13.3. The van der Waals surface area contributed by atoms with Crippen LogP contribution < -0.4 is 0 Å². The van der Waals surface area contributed by atoms with Gasteiger partial charge in [0.2, 0.25) is 0 Å². The molecule has 1 fully saturated rings. The van der Waals surface area contributed by atoms with Crippen molar-refractivity contribution in [3.8, 4) is 0 Å². The molecule has 0 atom stereocenters. The van der Waals surface area contributed by atoms with Crippen molar-refractivity contribution in [2.45, 2.75) is 18.3 Å². The van der Waals surface area contributed by atoms with Crippen molar-refractivity contribution in [3.05, 3.63) is 46.5 Å². The van der Waals surface area contributed by atoms with Crippen LogP contribution in [0.15, 0.2) is 35.1 Å². The molecule has 1 aliphatic rings. The maximum atomic E-state index is 5.29. The van der Waals surface area contributed by atoms with Gasteiger partial charge >= 0.3 is 0 Å². The van der Waals surface area contributed by atoms with Crippen LogP contribution in [0.5, 0.6) is 0 Å². The summed E-state index contributed by atoms with van der Waals surface area (Å²) in [7, 11) is 3.78. The van der Waals surface area contributed by atoms with Gasteiger partial charge in [0.05, 0.1) is 5.41 Å². The van der Waals surface area contributed by atoms with Crippen LogP contribution in [0.3, 0.4) is 0 Å². The summed E-state index contributed by atoms with van der Waals surface area (Å²) in [6.07, 6.45) is 3.90. The molecule has 0 aliphatic heterocycles. The van der Waals surface area contributed by atoms with E-state index >= 15 is 0 Å². The van der Waals surface area contributed by atoms with Crippen molar-refractivity contribution in [2.24, 2.45) is 13.0 Å². The summed E-state index contributed by atoms with van der Waals surface area (Å²) >= 11 is 3.57. The first-order valence-corrected chi connectivity index (χ1v) is 7.54. The highest BCUT2D eigenvalue weighted by molar-refractivity contribution is 9.10. The van der Waals surface area contributed by atoms with Gasteiger partial charge in [0.15, 0.2) is 0 Å². The van der Waals surface area contributed by atoms with Gasteiger partial charge in [0, 0.05) is 25.2 Å². The Labute approximate surface area is 127 Å². The van der Waals surface area contributed by atoms with E-state index in [-0.39, 0.29) is 5.41 Å². The Morgan fingerprint density at radius 3 is 2.85 bits per heavy atom. The number of aryl methyl sites for hydroxylation is 1. The lowest BCUT2D eigenvalue weighted by atomic mass is 9.58. The van der Waals surface area contributed by atoms with Gasteiger partial charge in [0.25, 0.3) is 0 Å². The maximum absolute atomic E-state index is 5.29. The van der Waals surface area contributed by atoms with Crippen molar-refractivity contribution in [2.75, 3.05) is 13.7 Å². The summed E-state index contributed by atoms with van der Waals surface area (Å²) in [5.41, 5.74) is 1.27. The lowest BCUT2D eigenvalue weighted by Crippen LogP contribution is -2.45. The molecule has 20 heavy (non-hydrogen) atoms. The fourth-order valence-corrected chi connectivity index (χ4v) is 3.73. The Morgan fingerprint density at radius 2 is 2.25 bits per heavy atom. The minimum absolute atomic E-state index is 0.0295. The predicted octanol–water partition coefficient (Wildman–Crippen LogP) is 2.92. The van der Waals surface area contributed by atoms with Crippen molar-refractivity contribution in [1.29, 1.82) is 0 Å². The molecule has 3 rings (SSSR count). The highest BCUT2D eigenvalue weighted by Crippen LogP contribution is 2.51. The summed E-state index contributed by atoms with van der Waals surface area (Å²) < 4.78 is 8.43. The molecule has 0 N–H and O–H groups in total. The number of ether oxygens (including phenoxy) is 1. The second-order valence-electron chi connectivity index (χ2n) is 5.59. The third-order valence-corrected chi connectivity index (χ3v) is 4.69. The SMILES string of the molecule is COCC1CC(c2cccc(Br)c2)(c2nncn2C)C1. The minimum atomic E-state index is -0.0295. The van der Waals surface area contributed by atoms with Crippen LogP contribution in [0, 0.1) is 5.92 Å². The highest BCUT2D eigenvalue weighted by atomic mass is 79.9. The van der Waals surface area contributed by atoms with Crippen LogP contribution in [-0.2, 0) is 17.2 Å². The molecule has 106 valence electrons. The summed E-state index contributed by atoms with van der Waals surface area (Å²) in [6, 6.07) is 8.51. The van der Waals surface area contributed by atoms with E-state index in [2.05, 4.69) is 50.4 Å². The molecule has 1 aliphatic carbocycles. The Balaban J connectivity index is 2.00. The minimum Gasteiger partial charge on any atom is -0.384 e. The molecule has 0 radical (unpaired) electrons. The highest BCUT2D eigenvalue weighted by Gasteiger charge is 2.49. The van der Waals surface area contributed by atoms with Gasteiger partial charge < -0.3 is 9.30 Å². The predicted molar refractivity (Wildman–Crippen MR) is 80.5 cm³/mol. The molecule has 0 bridgehead atoms. The molecular formula is C15H18BrN3O. The van der Waals surface area contributed by atoms with Crippen LogP contribution in [0.1, 0.15) is 24.2 Å². The molecular weight excluding hydrogens is 318 g/mol. The van der Waals surface area contributed by atoms with Gasteiger partial charge in [-0.05, 0) is 36.5 Å². The lowest BCUT2D eigenvalue weighted by molar-refractivity contribution is 0.0642. The van der Waals surface area contributed by atoms with Crippen LogP contribution in [0.4, 0.5) is 0 Å². The van der Waals surface area contributed by atoms with Gasteiger partial charge in [-0.3, -0.25) is 0 Å². The van der Waals surface area contributed by atoms with E-state index in [0.717, 1.165) is 29.7 Å². The first kappa shape index (κ1) is 13.8. The normalized spacial score (nSPS) is 25.4. The smallest absolute Gasteiger partial charge is 0.143 e. The molecule has 2 aromatic rings. The molecule has 0 unspecified atom stereocenters. The van der Waals surface area contributed by atoms with Crippen molar-refractivity contribution in [1.82, 2.24) is 14.8 Å². The third-order valence-electron chi connectivity index (χ3n) is 4.19. The molecule has 1 saturated carbocycles. The Morgan fingerprint density at radius 1 is 1.45 bits per heavy atom. The number of benzene rings is 1. The number of nitrogens with zero attached hydrogens (tertiary/aromatic N) is 3. The molecule has 1 aromatic heterocycles. The van der Waals surface area contributed by atoms with Crippen molar-refractivity contribution in [3.63, 3.8) is 0 Å². The van der Waals surface area contributed by atoms with Crippen LogP contribution in [0.2, 0.25) is 0 Å². The number of rotatable bonds is 4. The Hall–Kier alpha value is -1.20. The summed E-state index contributed by atoms with van der Waals surface area (Å²) in [5, 5.41) is 8.43. The first-order chi connectivity index (χ1) is 9.65. The Bertz CT molecular complexity index is 605. The monoisotopic (exact) mass is 335 g/mol. The number of hydrogen-bond donors (Lipinski definition) is 0. The quantitative estimate of drug-likeness (QED) is 0.862. The van der Waals surface area contributed by atoms with Crippen molar-refractivity contribution >= 4 is 15.9 Å². The summed E-state index contributed by atoms with van der Waals surface area (Å²) in [6.45, 7) is 0.813. The molecule has 1 heterocycles. The van der Waals surface area contributed by atoms with Crippen LogP contribution in [0.25, 0.3) is 0 Å². The number of aromatic nitrogens is 3. The van der Waals surface area contributed by atoms with E-state index in [9.17, 15) is 0 Å². The average Bonchev–Trinajstić information content (AvgIpc) is 2.80. The second-order valence-corrected chi connectivity index (χ2v) is 6.50. The Kier molecular flexibility index (Phi) is 3.65. The average molecular weight is 336 g/mol. The van der Waals surface area contributed by atoms with Crippen LogP contribution in [-0.4, -0.2) is 28.5 Å². The number of hydrogen-bond acceptors (Lipinski definition) is 3. The van der Waals surface area contributed by atoms with E-state index < -0.39 is 0 Å². The van der Waals surface area contributed by atoms with E-state index in [1.807, 2.05) is 11.6 Å². The van der Waals surface area contributed by atoms with Gasteiger partial charge in [-0.1, -0.05) is 28.1 Å².